The third-order valence-corrected chi connectivity index (χ3v) is 5.57. The van der Waals surface area contributed by atoms with Crippen LogP contribution in [0, 0.1) is 39.4 Å². The van der Waals surface area contributed by atoms with Crippen LogP contribution < -0.4 is 5.32 Å². The summed E-state index contributed by atoms with van der Waals surface area (Å²) in [5.41, 5.74) is -18.4. The van der Waals surface area contributed by atoms with Crippen molar-refractivity contribution in [3.8, 4) is 12.1 Å². The van der Waals surface area contributed by atoms with Crippen LogP contribution in [-0.2, 0) is 6.18 Å². The first kappa shape index (κ1) is 29.9. The molecule has 0 heterocycles. The quantitative estimate of drug-likeness (QED) is 0.385. The summed E-state index contributed by atoms with van der Waals surface area (Å²) in [5.74, 6) is -5.16. The number of nitrogens with zero attached hydrogens (tertiary/aromatic N) is 2. The zero-order chi connectivity index (χ0) is 29.0. The molecule has 0 radical (unpaired) electrons. The number of halogens is 15. The van der Waals surface area contributed by atoms with E-state index in [1.807, 2.05) is 0 Å². The van der Waals surface area contributed by atoms with Crippen molar-refractivity contribution in [3.05, 3.63) is 41.1 Å². The highest BCUT2D eigenvalue weighted by molar-refractivity contribution is 5.58. The lowest BCUT2D eigenvalue weighted by molar-refractivity contribution is -0.358. The fourth-order valence-corrected chi connectivity index (χ4v) is 4.00. The molecule has 0 spiro atoms. The monoisotopic (exact) mass is 563 g/mol. The summed E-state index contributed by atoms with van der Waals surface area (Å²) in [5, 5.41) is 19.9. The van der Waals surface area contributed by atoms with Crippen molar-refractivity contribution >= 4 is 5.69 Å². The second-order valence-electron chi connectivity index (χ2n) is 7.66. The molecule has 0 atom stereocenters. The highest BCUT2D eigenvalue weighted by Gasteiger charge is 2.86. The van der Waals surface area contributed by atoms with Gasteiger partial charge < -0.3 is 5.32 Å². The number of nitriles is 2. The Morgan fingerprint density at radius 2 is 1.11 bits per heavy atom. The van der Waals surface area contributed by atoms with Gasteiger partial charge in [0, 0.05) is 23.4 Å². The molecule has 1 aliphatic carbocycles. The van der Waals surface area contributed by atoms with E-state index in [4.69, 9.17) is 0 Å². The number of benzene rings is 1. The lowest BCUT2D eigenvalue weighted by Gasteiger charge is -2.42. The van der Waals surface area contributed by atoms with Crippen molar-refractivity contribution in [2.75, 3.05) is 5.32 Å². The van der Waals surface area contributed by atoms with E-state index in [0.717, 1.165) is 0 Å². The van der Waals surface area contributed by atoms with E-state index in [-0.39, 0.29) is 24.3 Å². The minimum atomic E-state index is -6.81. The SMILES string of the molecule is N#CC1(C#N)C(C(C(F)(F)F)C(F)(F)F)=C(Nc2ccc(C(F)(F)F)cc2)CC1(C(F)(F)F)C(F)(F)F. The molecule has 0 saturated heterocycles. The van der Waals surface area contributed by atoms with E-state index < -0.39 is 76.6 Å². The van der Waals surface area contributed by atoms with Gasteiger partial charge in [-0.1, -0.05) is 0 Å². The molecule has 1 aromatic rings. The van der Waals surface area contributed by atoms with Gasteiger partial charge in [0.05, 0.1) is 17.7 Å². The number of nitrogens with one attached hydrogen (secondary N) is 1. The molecule has 0 amide bonds. The zero-order valence-electron chi connectivity index (χ0n) is 17.2. The first-order valence-electron chi connectivity index (χ1n) is 9.18. The molecular formula is C19H8F15N3. The number of anilines is 1. The molecule has 1 N–H and O–H groups in total. The lowest BCUT2D eigenvalue weighted by atomic mass is 9.61. The Kier molecular flexibility index (Phi) is 6.98. The van der Waals surface area contributed by atoms with Crippen molar-refractivity contribution in [2.24, 2.45) is 16.7 Å². The number of allylic oxidation sites excluding steroid dienone is 2. The fraction of sp³-hybridized carbons (Fsp3) is 0.474. The fourth-order valence-electron chi connectivity index (χ4n) is 4.00. The lowest BCUT2D eigenvalue weighted by Crippen LogP contribution is -2.59. The van der Waals surface area contributed by atoms with Gasteiger partial charge in [-0.05, 0) is 24.3 Å². The highest BCUT2D eigenvalue weighted by Crippen LogP contribution is 2.71. The predicted octanol–water partition coefficient (Wildman–Crippen LogP) is 7.66. The minimum absolute atomic E-state index is 0.103. The Bertz CT molecular complexity index is 1090. The smallest absolute Gasteiger partial charge is 0.359 e. The molecule has 18 heteroatoms. The Morgan fingerprint density at radius 3 is 1.41 bits per heavy atom. The second-order valence-corrected chi connectivity index (χ2v) is 7.66. The van der Waals surface area contributed by atoms with Gasteiger partial charge in [-0.25, -0.2) is 0 Å². The van der Waals surface area contributed by atoms with Crippen LogP contribution in [0.5, 0.6) is 0 Å². The molecule has 204 valence electrons. The maximum Gasteiger partial charge on any atom is 0.416 e. The van der Waals surface area contributed by atoms with E-state index in [2.05, 4.69) is 0 Å². The van der Waals surface area contributed by atoms with E-state index in [1.54, 1.807) is 0 Å². The summed E-state index contributed by atoms with van der Waals surface area (Å²) < 4.78 is 203. The van der Waals surface area contributed by atoms with Crippen LogP contribution in [0.15, 0.2) is 35.5 Å². The molecule has 0 fully saturated rings. The Balaban J connectivity index is 3.02. The first-order chi connectivity index (χ1) is 16.4. The molecule has 3 nitrogen and oxygen atoms in total. The molecule has 0 aliphatic heterocycles. The molecular weight excluding hydrogens is 555 g/mol. The topological polar surface area (TPSA) is 59.6 Å². The summed E-state index contributed by atoms with van der Waals surface area (Å²) in [7, 11) is 0. The van der Waals surface area contributed by atoms with Crippen molar-refractivity contribution < 1.29 is 65.9 Å². The van der Waals surface area contributed by atoms with Crippen LogP contribution in [-0.4, -0.2) is 24.7 Å². The van der Waals surface area contributed by atoms with Gasteiger partial charge >= 0.3 is 30.9 Å². The van der Waals surface area contributed by atoms with Crippen LogP contribution in [0.4, 0.5) is 71.5 Å². The van der Waals surface area contributed by atoms with E-state index in [1.165, 1.54) is 5.32 Å². The minimum Gasteiger partial charge on any atom is -0.359 e. The summed E-state index contributed by atoms with van der Waals surface area (Å²) >= 11 is 0. The van der Waals surface area contributed by atoms with Crippen molar-refractivity contribution in [3.63, 3.8) is 0 Å². The van der Waals surface area contributed by atoms with E-state index in [9.17, 15) is 76.4 Å². The predicted molar refractivity (Wildman–Crippen MR) is 90.5 cm³/mol. The summed E-state index contributed by atoms with van der Waals surface area (Å²) in [4.78, 5) is 0. The van der Waals surface area contributed by atoms with Gasteiger partial charge in [0.15, 0.2) is 11.3 Å². The highest BCUT2D eigenvalue weighted by atomic mass is 19.4. The largest absolute Gasteiger partial charge is 0.416 e. The Hall–Kier alpha value is -3.31. The molecule has 2 rings (SSSR count). The molecule has 0 bridgehead atoms. The van der Waals surface area contributed by atoms with Crippen LogP contribution in [0.1, 0.15) is 12.0 Å². The van der Waals surface area contributed by atoms with Gasteiger partial charge in [0.25, 0.3) is 0 Å². The average molecular weight is 563 g/mol. The van der Waals surface area contributed by atoms with Crippen molar-refractivity contribution in [1.29, 1.82) is 10.5 Å². The molecule has 0 aromatic heterocycles. The van der Waals surface area contributed by atoms with Gasteiger partial charge in [0.1, 0.15) is 0 Å². The average Bonchev–Trinajstić information content (AvgIpc) is 2.96. The van der Waals surface area contributed by atoms with Gasteiger partial charge in [0.2, 0.25) is 5.41 Å². The number of hydrogen-bond acceptors (Lipinski definition) is 3. The third-order valence-electron chi connectivity index (χ3n) is 5.57. The second kappa shape index (κ2) is 8.63. The van der Waals surface area contributed by atoms with E-state index >= 15 is 0 Å². The number of hydrogen-bond donors (Lipinski definition) is 1. The maximum atomic E-state index is 13.9. The van der Waals surface area contributed by atoms with Crippen LogP contribution in [0.3, 0.4) is 0 Å². The van der Waals surface area contributed by atoms with Gasteiger partial charge in [-0.15, -0.1) is 0 Å². The molecule has 37 heavy (non-hydrogen) atoms. The standard InChI is InChI=1S/C19H8F15N3/c20-15(21,22)8-1-3-9(4-2-8)37-10-5-14(18(29,30)31,19(32,33)34)13(6-35,7-36)11(10)12(16(23,24)25)17(26,27)28/h1-4,12,37H,5H2. The van der Waals surface area contributed by atoms with Crippen molar-refractivity contribution in [1.82, 2.24) is 0 Å². The molecule has 1 aromatic carbocycles. The van der Waals surface area contributed by atoms with Gasteiger partial charge in [-0.2, -0.15) is 76.4 Å². The van der Waals surface area contributed by atoms with Gasteiger partial charge in [-0.3, -0.25) is 0 Å². The Labute approximate surface area is 195 Å². The number of alkyl halides is 15. The zero-order valence-corrected chi connectivity index (χ0v) is 17.2. The van der Waals surface area contributed by atoms with Crippen LogP contribution in [0.2, 0.25) is 0 Å². The van der Waals surface area contributed by atoms with Crippen LogP contribution in [0.25, 0.3) is 0 Å². The number of rotatable bonds is 3. The summed E-state index contributed by atoms with van der Waals surface area (Å²) in [6, 6.07) is 1.14. The molecule has 0 saturated carbocycles. The summed E-state index contributed by atoms with van der Waals surface area (Å²) in [6.45, 7) is 0. The normalized spacial score (nSPS) is 18.5. The third kappa shape index (κ3) is 4.73. The Morgan fingerprint density at radius 1 is 0.703 bits per heavy atom. The van der Waals surface area contributed by atoms with Crippen LogP contribution >= 0.6 is 0 Å². The molecule has 0 unspecified atom stereocenters. The first-order valence-corrected chi connectivity index (χ1v) is 9.18. The van der Waals surface area contributed by atoms with E-state index in [0.29, 0.717) is 12.1 Å². The molecule has 1 aliphatic rings. The van der Waals surface area contributed by atoms with Crippen molar-refractivity contribution in [2.45, 2.75) is 37.3 Å². The maximum absolute atomic E-state index is 13.9. The summed E-state index contributed by atoms with van der Waals surface area (Å²) in [6.07, 6.45) is -34.8.